The average Bonchev–Trinajstić information content (AvgIpc) is 3.43. The van der Waals surface area contributed by atoms with Crippen LogP contribution >= 0.6 is 34.8 Å². The molecule has 2 fully saturated rings. The summed E-state index contributed by atoms with van der Waals surface area (Å²) in [5.74, 6) is -2.16. The standard InChI is InChI=1S/C23H17Cl3N2O5/c24-12-1-4-14(5-2-12)28-21(30)19-17-7-8-23(33-17,20(19)22(28)31)11-27-18(29)10-32-16-6-3-13(25)9-15(16)26/h1-9,17,19-20H,10-11H2,(H,27,29)/t17-,19-,20+,23-/m1/s1. The molecule has 0 saturated carbocycles. The Bertz CT molecular complexity index is 1190. The zero-order chi connectivity index (χ0) is 23.3. The van der Waals surface area contributed by atoms with Gasteiger partial charge in [-0.1, -0.05) is 47.0 Å². The Kier molecular flexibility index (Phi) is 5.61. The normalized spacial score (nSPS) is 27.2. The van der Waals surface area contributed by atoms with Gasteiger partial charge in [0.2, 0.25) is 11.8 Å². The van der Waals surface area contributed by atoms with Crippen molar-refractivity contribution in [1.82, 2.24) is 5.32 Å². The number of hydrogen-bond donors (Lipinski definition) is 1. The van der Waals surface area contributed by atoms with Crippen molar-refractivity contribution in [1.29, 1.82) is 0 Å². The van der Waals surface area contributed by atoms with Crippen molar-refractivity contribution < 1.29 is 23.9 Å². The van der Waals surface area contributed by atoms with Gasteiger partial charge in [-0.15, -0.1) is 0 Å². The predicted molar refractivity (Wildman–Crippen MR) is 123 cm³/mol. The third-order valence-corrected chi connectivity index (χ3v) is 6.84. The molecule has 7 nitrogen and oxygen atoms in total. The van der Waals surface area contributed by atoms with Crippen molar-refractivity contribution in [2.24, 2.45) is 11.8 Å². The van der Waals surface area contributed by atoms with Gasteiger partial charge in [0, 0.05) is 10.0 Å². The van der Waals surface area contributed by atoms with E-state index in [1.807, 2.05) is 0 Å². The second-order valence-corrected chi connectivity index (χ2v) is 9.31. The van der Waals surface area contributed by atoms with E-state index in [9.17, 15) is 14.4 Å². The molecule has 10 heteroatoms. The minimum atomic E-state index is -1.10. The number of nitrogens with one attached hydrogen (secondary N) is 1. The van der Waals surface area contributed by atoms with Crippen molar-refractivity contribution in [3.8, 4) is 5.75 Å². The largest absolute Gasteiger partial charge is 0.482 e. The number of halogens is 3. The van der Waals surface area contributed by atoms with Crippen LogP contribution in [0.15, 0.2) is 54.6 Å². The van der Waals surface area contributed by atoms with E-state index in [-0.39, 0.29) is 30.0 Å². The summed E-state index contributed by atoms with van der Waals surface area (Å²) < 4.78 is 11.5. The van der Waals surface area contributed by atoms with Crippen LogP contribution in [0.1, 0.15) is 0 Å². The predicted octanol–water partition coefficient (Wildman–Crippen LogP) is 3.66. The number of fused-ring (bicyclic) bond motifs is 5. The molecule has 3 heterocycles. The SMILES string of the molecule is O=C(COc1ccc(Cl)cc1Cl)NC[C@@]12C=C[C@@H](O1)[C@H]1C(=O)N(c3ccc(Cl)cc3)C(=O)[C@H]12. The average molecular weight is 508 g/mol. The number of benzene rings is 2. The smallest absolute Gasteiger partial charge is 0.258 e. The van der Waals surface area contributed by atoms with Crippen molar-refractivity contribution in [3.05, 3.63) is 69.7 Å². The summed E-state index contributed by atoms with van der Waals surface area (Å²) in [5, 5.41) is 3.99. The number of imide groups is 1. The molecule has 2 saturated heterocycles. The van der Waals surface area contributed by atoms with Crippen LogP contribution < -0.4 is 15.0 Å². The Balaban J connectivity index is 1.27. The van der Waals surface area contributed by atoms with Crippen LogP contribution in [0.25, 0.3) is 0 Å². The zero-order valence-electron chi connectivity index (χ0n) is 17.0. The molecule has 4 atom stereocenters. The van der Waals surface area contributed by atoms with Gasteiger partial charge in [-0.2, -0.15) is 0 Å². The molecule has 5 rings (SSSR count). The van der Waals surface area contributed by atoms with Gasteiger partial charge < -0.3 is 14.8 Å². The molecule has 0 spiro atoms. The first-order chi connectivity index (χ1) is 15.8. The molecule has 33 heavy (non-hydrogen) atoms. The third kappa shape index (κ3) is 3.79. The molecule has 1 N–H and O–H groups in total. The number of hydrogen-bond acceptors (Lipinski definition) is 5. The molecular weight excluding hydrogens is 491 g/mol. The first-order valence-corrected chi connectivity index (χ1v) is 11.3. The van der Waals surface area contributed by atoms with E-state index in [1.54, 1.807) is 48.6 Å². The molecule has 0 radical (unpaired) electrons. The highest BCUT2D eigenvalue weighted by Gasteiger charge is 2.67. The quantitative estimate of drug-likeness (QED) is 0.477. The van der Waals surface area contributed by atoms with Crippen LogP contribution in [-0.2, 0) is 19.1 Å². The monoisotopic (exact) mass is 506 g/mol. The second-order valence-electron chi connectivity index (χ2n) is 8.03. The summed E-state index contributed by atoms with van der Waals surface area (Å²) in [5.41, 5.74) is -0.646. The van der Waals surface area contributed by atoms with Gasteiger partial charge in [-0.3, -0.25) is 14.4 Å². The maximum Gasteiger partial charge on any atom is 0.258 e. The Labute approximate surface area is 204 Å². The van der Waals surface area contributed by atoms with E-state index in [0.29, 0.717) is 21.5 Å². The molecule has 0 aromatic heterocycles. The van der Waals surface area contributed by atoms with Crippen LogP contribution in [0.2, 0.25) is 15.1 Å². The fourth-order valence-corrected chi connectivity index (χ4v) is 5.16. The highest BCUT2D eigenvalue weighted by molar-refractivity contribution is 6.35. The molecular formula is C23H17Cl3N2O5. The van der Waals surface area contributed by atoms with Gasteiger partial charge in [0.15, 0.2) is 6.61 Å². The molecule has 0 unspecified atom stereocenters. The highest BCUT2D eigenvalue weighted by atomic mass is 35.5. The maximum absolute atomic E-state index is 13.3. The molecule has 2 aromatic carbocycles. The van der Waals surface area contributed by atoms with Crippen LogP contribution in [0, 0.1) is 11.8 Å². The van der Waals surface area contributed by atoms with E-state index in [4.69, 9.17) is 44.3 Å². The number of anilines is 1. The fraction of sp³-hybridized carbons (Fsp3) is 0.261. The Morgan fingerprint density at radius 3 is 2.52 bits per heavy atom. The van der Waals surface area contributed by atoms with Crippen molar-refractivity contribution in [3.63, 3.8) is 0 Å². The number of carbonyl (C=O) groups excluding carboxylic acids is 3. The van der Waals surface area contributed by atoms with E-state index < -0.39 is 29.4 Å². The van der Waals surface area contributed by atoms with Gasteiger partial charge in [0.1, 0.15) is 11.4 Å². The van der Waals surface area contributed by atoms with E-state index >= 15 is 0 Å². The lowest BCUT2D eigenvalue weighted by atomic mass is 9.77. The zero-order valence-corrected chi connectivity index (χ0v) is 19.2. The summed E-state index contributed by atoms with van der Waals surface area (Å²) in [7, 11) is 0. The Morgan fingerprint density at radius 1 is 1.06 bits per heavy atom. The lowest BCUT2D eigenvalue weighted by Gasteiger charge is -2.29. The van der Waals surface area contributed by atoms with Crippen molar-refractivity contribution in [2.45, 2.75) is 11.7 Å². The van der Waals surface area contributed by atoms with Gasteiger partial charge >= 0.3 is 0 Å². The maximum atomic E-state index is 13.3. The van der Waals surface area contributed by atoms with Gasteiger partial charge in [0.25, 0.3) is 5.91 Å². The van der Waals surface area contributed by atoms with E-state index in [0.717, 1.165) is 0 Å². The highest BCUT2D eigenvalue weighted by Crippen LogP contribution is 2.52. The molecule has 3 aliphatic rings. The van der Waals surface area contributed by atoms with Crippen molar-refractivity contribution >= 4 is 58.2 Å². The molecule has 3 amide bonds. The Hall–Kier alpha value is -2.58. The molecule has 2 aromatic rings. The summed E-state index contributed by atoms with van der Waals surface area (Å²) in [6.07, 6.45) is 3.00. The molecule has 170 valence electrons. The number of nitrogens with zero attached hydrogens (tertiary/aromatic N) is 1. The minimum absolute atomic E-state index is 0.0190. The number of amides is 3. The van der Waals surface area contributed by atoms with Gasteiger partial charge in [-0.25, -0.2) is 4.90 Å². The number of rotatable bonds is 6. The van der Waals surface area contributed by atoms with E-state index in [1.165, 1.54) is 11.0 Å². The van der Waals surface area contributed by atoms with Crippen LogP contribution in [0.3, 0.4) is 0 Å². The lowest BCUT2D eigenvalue weighted by Crippen LogP contribution is -2.49. The first kappa shape index (κ1) is 22.2. The van der Waals surface area contributed by atoms with Crippen molar-refractivity contribution in [2.75, 3.05) is 18.1 Å². The summed E-state index contributed by atoms with van der Waals surface area (Å²) >= 11 is 17.8. The van der Waals surface area contributed by atoms with Gasteiger partial charge in [0.05, 0.1) is 35.2 Å². The fourth-order valence-electron chi connectivity index (χ4n) is 4.57. The molecule has 3 aliphatic heterocycles. The first-order valence-electron chi connectivity index (χ1n) is 10.1. The summed E-state index contributed by atoms with van der Waals surface area (Å²) in [4.78, 5) is 40.0. The molecule has 0 aliphatic carbocycles. The number of ether oxygens (including phenoxy) is 2. The minimum Gasteiger partial charge on any atom is -0.482 e. The lowest BCUT2D eigenvalue weighted by molar-refractivity contribution is -0.129. The van der Waals surface area contributed by atoms with Crippen LogP contribution in [0.4, 0.5) is 5.69 Å². The summed E-state index contributed by atoms with van der Waals surface area (Å²) in [6.45, 7) is -0.270. The third-order valence-electron chi connectivity index (χ3n) is 6.05. The van der Waals surface area contributed by atoms with Crippen LogP contribution in [0.5, 0.6) is 5.75 Å². The number of carbonyl (C=O) groups is 3. The summed E-state index contributed by atoms with van der Waals surface area (Å²) in [6, 6.07) is 11.2. The second kappa shape index (κ2) is 8.33. The van der Waals surface area contributed by atoms with E-state index in [2.05, 4.69) is 5.32 Å². The topological polar surface area (TPSA) is 84.9 Å². The van der Waals surface area contributed by atoms with Gasteiger partial charge in [-0.05, 0) is 42.5 Å². The Morgan fingerprint density at radius 2 is 1.79 bits per heavy atom. The molecule has 2 bridgehead atoms. The van der Waals surface area contributed by atoms with Crippen LogP contribution in [-0.4, -0.2) is 42.6 Å².